The molecule has 1 aromatic heterocycles. The summed E-state index contributed by atoms with van der Waals surface area (Å²) in [6.45, 7) is 6.02. The second-order valence-corrected chi connectivity index (χ2v) is 8.39. The highest BCUT2D eigenvalue weighted by atomic mass is 16.5. The van der Waals surface area contributed by atoms with Gasteiger partial charge < -0.3 is 14.4 Å². The summed E-state index contributed by atoms with van der Waals surface area (Å²) in [5.41, 5.74) is 3.24. The molecule has 0 saturated carbocycles. The molecule has 2 fully saturated rings. The number of benzene rings is 1. The molecule has 28 heavy (non-hydrogen) atoms. The Kier molecular flexibility index (Phi) is 5.14. The summed E-state index contributed by atoms with van der Waals surface area (Å²) in [6, 6.07) is 10.3. The first-order valence-corrected chi connectivity index (χ1v) is 10.7. The minimum atomic E-state index is -0.229. The maximum atomic E-state index is 6.41. The SMILES string of the molecule is c1ccc(-c2ncc3c(n2)C2(CCN(CCC4CCOC4)CC2)OCC3)cc1. The molecule has 3 aliphatic rings. The molecule has 1 unspecified atom stereocenters. The molecule has 0 aliphatic carbocycles. The zero-order valence-electron chi connectivity index (χ0n) is 16.5. The lowest BCUT2D eigenvalue weighted by atomic mass is 9.83. The van der Waals surface area contributed by atoms with Crippen molar-refractivity contribution in [1.29, 1.82) is 0 Å². The van der Waals surface area contributed by atoms with Gasteiger partial charge in [-0.2, -0.15) is 0 Å². The van der Waals surface area contributed by atoms with Crippen LogP contribution < -0.4 is 0 Å². The molecule has 2 aromatic rings. The monoisotopic (exact) mass is 379 g/mol. The van der Waals surface area contributed by atoms with Gasteiger partial charge in [-0.05, 0) is 50.1 Å². The summed E-state index contributed by atoms with van der Waals surface area (Å²) >= 11 is 0. The van der Waals surface area contributed by atoms with Gasteiger partial charge in [0.15, 0.2) is 5.82 Å². The largest absolute Gasteiger partial charge is 0.381 e. The second-order valence-electron chi connectivity index (χ2n) is 8.39. The van der Waals surface area contributed by atoms with Gasteiger partial charge >= 0.3 is 0 Å². The molecule has 5 heteroatoms. The van der Waals surface area contributed by atoms with E-state index in [9.17, 15) is 0 Å². The summed E-state index contributed by atoms with van der Waals surface area (Å²) in [7, 11) is 0. The van der Waals surface area contributed by atoms with Crippen molar-refractivity contribution in [2.24, 2.45) is 5.92 Å². The lowest BCUT2D eigenvalue weighted by Crippen LogP contribution is -2.47. The lowest BCUT2D eigenvalue weighted by Gasteiger charge is -2.44. The highest BCUT2D eigenvalue weighted by molar-refractivity contribution is 5.55. The second kappa shape index (κ2) is 7.90. The molecule has 1 aromatic carbocycles. The van der Waals surface area contributed by atoms with Crippen LogP contribution in [0.5, 0.6) is 0 Å². The molecule has 0 N–H and O–H groups in total. The number of nitrogens with zero attached hydrogens (tertiary/aromatic N) is 3. The number of piperidine rings is 1. The number of hydrogen-bond acceptors (Lipinski definition) is 5. The molecule has 5 nitrogen and oxygen atoms in total. The maximum Gasteiger partial charge on any atom is 0.159 e. The van der Waals surface area contributed by atoms with Crippen molar-refractivity contribution in [3.05, 3.63) is 47.8 Å². The Morgan fingerprint density at radius 3 is 2.75 bits per heavy atom. The Balaban J connectivity index is 1.31. The third-order valence-corrected chi connectivity index (χ3v) is 6.62. The van der Waals surface area contributed by atoms with Crippen LogP contribution >= 0.6 is 0 Å². The molecule has 2 saturated heterocycles. The molecular formula is C23H29N3O2. The van der Waals surface area contributed by atoms with E-state index in [1.165, 1.54) is 24.9 Å². The van der Waals surface area contributed by atoms with E-state index in [1.54, 1.807) is 0 Å². The van der Waals surface area contributed by atoms with Gasteiger partial charge in [-0.3, -0.25) is 0 Å². The summed E-state index contributed by atoms with van der Waals surface area (Å²) < 4.78 is 11.9. The molecule has 0 radical (unpaired) electrons. The van der Waals surface area contributed by atoms with Crippen LogP contribution in [0.2, 0.25) is 0 Å². The average Bonchev–Trinajstić information content (AvgIpc) is 3.28. The van der Waals surface area contributed by atoms with Gasteiger partial charge in [0.25, 0.3) is 0 Å². The predicted molar refractivity (Wildman–Crippen MR) is 108 cm³/mol. The fourth-order valence-electron chi connectivity index (χ4n) is 4.83. The van der Waals surface area contributed by atoms with E-state index in [-0.39, 0.29) is 5.60 Å². The van der Waals surface area contributed by atoms with Crippen LogP contribution in [0.4, 0.5) is 0 Å². The Morgan fingerprint density at radius 1 is 1.11 bits per heavy atom. The number of fused-ring (bicyclic) bond motifs is 2. The van der Waals surface area contributed by atoms with Crippen LogP contribution in [0.1, 0.15) is 36.9 Å². The number of aromatic nitrogens is 2. The molecule has 0 amide bonds. The summed E-state index contributed by atoms with van der Waals surface area (Å²) in [5, 5.41) is 0. The van der Waals surface area contributed by atoms with Gasteiger partial charge in [0.1, 0.15) is 5.60 Å². The first-order valence-electron chi connectivity index (χ1n) is 10.7. The smallest absolute Gasteiger partial charge is 0.159 e. The standard InChI is InChI=1S/C23H29N3O2/c1-2-4-19(5-3-1)22-24-16-20-8-15-28-23(21(20)25-22)9-12-26(13-10-23)11-6-18-7-14-27-17-18/h1-5,16,18H,6-15,17H2. The third-order valence-electron chi connectivity index (χ3n) is 6.62. The molecular weight excluding hydrogens is 350 g/mol. The molecule has 3 aliphatic heterocycles. The summed E-state index contributed by atoms with van der Waals surface area (Å²) in [6.07, 6.45) is 7.47. The van der Waals surface area contributed by atoms with E-state index in [2.05, 4.69) is 22.0 Å². The fourth-order valence-corrected chi connectivity index (χ4v) is 4.83. The predicted octanol–water partition coefficient (Wildman–Crippen LogP) is 3.43. The lowest BCUT2D eigenvalue weighted by molar-refractivity contribution is -0.101. The molecule has 5 rings (SSSR count). The number of rotatable bonds is 4. The molecule has 0 bridgehead atoms. The van der Waals surface area contributed by atoms with E-state index in [4.69, 9.17) is 14.5 Å². The van der Waals surface area contributed by atoms with E-state index in [1.807, 2.05) is 24.4 Å². The normalized spacial score (nSPS) is 24.4. The van der Waals surface area contributed by atoms with Crippen LogP contribution in [0, 0.1) is 5.92 Å². The molecule has 4 heterocycles. The highest BCUT2D eigenvalue weighted by Gasteiger charge is 2.42. The van der Waals surface area contributed by atoms with Crippen molar-refractivity contribution in [1.82, 2.24) is 14.9 Å². The van der Waals surface area contributed by atoms with Gasteiger partial charge in [-0.25, -0.2) is 9.97 Å². The van der Waals surface area contributed by atoms with E-state index in [0.717, 1.165) is 75.2 Å². The topological polar surface area (TPSA) is 47.5 Å². The minimum absolute atomic E-state index is 0.229. The summed E-state index contributed by atoms with van der Waals surface area (Å²) in [5.74, 6) is 1.57. The Labute approximate surface area is 167 Å². The van der Waals surface area contributed by atoms with Gasteiger partial charge in [0.2, 0.25) is 0 Å². The van der Waals surface area contributed by atoms with Crippen molar-refractivity contribution < 1.29 is 9.47 Å². The van der Waals surface area contributed by atoms with E-state index in [0.29, 0.717) is 0 Å². The van der Waals surface area contributed by atoms with Crippen molar-refractivity contribution in [3.8, 4) is 11.4 Å². The van der Waals surface area contributed by atoms with Crippen LogP contribution in [0.3, 0.4) is 0 Å². The number of ether oxygens (including phenoxy) is 2. The maximum absolute atomic E-state index is 6.41. The van der Waals surface area contributed by atoms with Gasteiger partial charge in [0.05, 0.1) is 12.3 Å². The van der Waals surface area contributed by atoms with Crippen LogP contribution in [0.25, 0.3) is 11.4 Å². The van der Waals surface area contributed by atoms with E-state index >= 15 is 0 Å². The summed E-state index contributed by atoms with van der Waals surface area (Å²) in [4.78, 5) is 12.3. The number of hydrogen-bond donors (Lipinski definition) is 0. The minimum Gasteiger partial charge on any atom is -0.381 e. The zero-order chi connectivity index (χ0) is 18.8. The van der Waals surface area contributed by atoms with Gasteiger partial charge in [-0.1, -0.05) is 30.3 Å². The number of likely N-dealkylation sites (tertiary alicyclic amines) is 1. The average molecular weight is 380 g/mol. The van der Waals surface area contributed by atoms with Crippen molar-refractivity contribution in [2.75, 3.05) is 39.5 Å². The highest BCUT2D eigenvalue weighted by Crippen LogP contribution is 2.41. The Bertz CT molecular complexity index is 797. The molecule has 148 valence electrons. The Morgan fingerprint density at radius 2 is 1.96 bits per heavy atom. The van der Waals surface area contributed by atoms with Gasteiger partial charge in [-0.15, -0.1) is 0 Å². The first-order chi connectivity index (χ1) is 13.8. The van der Waals surface area contributed by atoms with Crippen LogP contribution in [-0.2, 0) is 21.5 Å². The third kappa shape index (κ3) is 3.59. The van der Waals surface area contributed by atoms with Crippen molar-refractivity contribution in [2.45, 2.75) is 37.7 Å². The first kappa shape index (κ1) is 18.2. The Hall–Kier alpha value is -1.82. The molecule has 1 atom stereocenters. The van der Waals surface area contributed by atoms with Crippen molar-refractivity contribution >= 4 is 0 Å². The quantitative estimate of drug-likeness (QED) is 0.814. The van der Waals surface area contributed by atoms with Crippen molar-refractivity contribution in [3.63, 3.8) is 0 Å². The van der Waals surface area contributed by atoms with Gasteiger partial charge in [0, 0.05) is 38.1 Å². The van der Waals surface area contributed by atoms with Crippen LogP contribution in [-0.4, -0.2) is 54.3 Å². The molecule has 1 spiro atoms. The van der Waals surface area contributed by atoms with Crippen LogP contribution in [0.15, 0.2) is 36.5 Å². The van der Waals surface area contributed by atoms with E-state index < -0.39 is 0 Å². The zero-order valence-corrected chi connectivity index (χ0v) is 16.5. The fraction of sp³-hybridized carbons (Fsp3) is 0.565.